The second-order valence-electron chi connectivity index (χ2n) is 10.3. The van der Waals surface area contributed by atoms with Gasteiger partial charge in [0, 0.05) is 16.6 Å². The van der Waals surface area contributed by atoms with Gasteiger partial charge in [0.25, 0.3) is 11.5 Å². The Kier molecular flexibility index (Phi) is 6.79. The Hall–Kier alpha value is -3.45. The number of nitrogens with one attached hydrogen (secondary N) is 1. The molecular formula is C31H27Cl2N3O3. The predicted molar refractivity (Wildman–Crippen MR) is 152 cm³/mol. The molecule has 1 saturated carbocycles. The van der Waals surface area contributed by atoms with Crippen molar-refractivity contribution in [2.75, 3.05) is 6.54 Å². The zero-order valence-corrected chi connectivity index (χ0v) is 22.7. The van der Waals surface area contributed by atoms with Gasteiger partial charge in [0.1, 0.15) is 5.82 Å². The lowest BCUT2D eigenvalue weighted by atomic mass is 9.94. The number of benzene rings is 3. The van der Waals surface area contributed by atoms with Crippen LogP contribution in [0.1, 0.15) is 53.6 Å². The van der Waals surface area contributed by atoms with E-state index in [1.807, 2.05) is 54.6 Å². The van der Waals surface area contributed by atoms with E-state index < -0.39 is 12.0 Å². The van der Waals surface area contributed by atoms with E-state index in [4.69, 9.17) is 28.2 Å². The number of H-pyrrole nitrogens is 1. The van der Waals surface area contributed by atoms with Crippen LogP contribution >= 0.6 is 23.2 Å². The fourth-order valence-electron chi connectivity index (χ4n) is 5.48. The van der Waals surface area contributed by atoms with E-state index in [0.717, 1.165) is 35.2 Å². The molecule has 0 unspecified atom stereocenters. The zero-order chi connectivity index (χ0) is 27.1. The molecule has 1 aliphatic heterocycles. The van der Waals surface area contributed by atoms with Gasteiger partial charge < -0.3 is 15.0 Å². The van der Waals surface area contributed by atoms with Crippen LogP contribution in [0.15, 0.2) is 77.6 Å². The lowest BCUT2D eigenvalue weighted by molar-refractivity contribution is -0.141. The Labute approximate surface area is 236 Å². The number of aliphatic hydroxyl groups is 1. The van der Waals surface area contributed by atoms with E-state index in [1.54, 1.807) is 23.1 Å². The fraction of sp³-hybridized carbons (Fsp3) is 0.258. The second-order valence-corrected chi connectivity index (χ2v) is 11.2. The number of aliphatic hydroxyl groups excluding tert-OH is 1. The molecule has 1 amide bonds. The minimum atomic E-state index is -1.35. The molecular weight excluding hydrogens is 533 g/mol. The number of nitrogens with zero attached hydrogens (tertiary/aromatic N) is 2. The van der Waals surface area contributed by atoms with Gasteiger partial charge in [-0.3, -0.25) is 9.59 Å². The van der Waals surface area contributed by atoms with Gasteiger partial charge in [-0.2, -0.15) is 0 Å². The molecule has 198 valence electrons. The van der Waals surface area contributed by atoms with Crippen LogP contribution in [0.5, 0.6) is 0 Å². The predicted octanol–water partition coefficient (Wildman–Crippen LogP) is 5.83. The quantitative estimate of drug-likeness (QED) is 0.322. The van der Waals surface area contributed by atoms with Gasteiger partial charge in [0.05, 0.1) is 23.2 Å². The summed E-state index contributed by atoms with van der Waals surface area (Å²) in [5.74, 6) is 0.221. The fourth-order valence-corrected chi connectivity index (χ4v) is 5.86. The highest BCUT2D eigenvalue weighted by Crippen LogP contribution is 2.52. The summed E-state index contributed by atoms with van der Waals surface area (Å²) in [5, 5.41) is 12.3. The molecule has 3 aromatic carbocycles. The highest BCUT2D eigenvalue weighted by Gasteiger charge is 2.48. The summed E-state index contributed by atoms with van der Waals surface area (Å²) >= 11 is 12.4. The highest BCUT2D eigenvalue weighted by atomic mass is 35.5. The molecule has 2 N–H and O–H groups in total. The smallest absolute Gasteiger partial charge is 0.256 e. The summed E-state index contributed by atoms with van der Waals surface area (Å²) in [7, 11) is 0. The number of fused-ring (bicyclic) bond motifs is 1. The molecule has 0 radical (unpaired) electrons. The lowest BCUT2D eigenvalue weighted by Gasteiger charge is -2.24. The van der Waals surface area contributed by atoms with Crippen LogP contribution in [0, 0.1) is 0 Å². The van der Waals surface area contributed by atoms with Gasteiger partial charge in [-0.25, -0.2) is 4.98 Å². The maximum Gasteiger partial charge on any atom is 0.256 e. The number of aromatic amines is 1. The third kappa shape index (κ3) is 5.00. The molecule has 2 aliphatic rings. The topological polar surface area (TPSA) is 86.3 Å². The molecule has 6 rings (SSSR count). The number of aryl methyl sites for hydroxylation is 1. The third-order valence-electron chi connectivity index (χ3n) is 7.78. The Morgan fingerprint density at radius 2 is 1.67 bits per heavy atom. The van der Waals surface area contributed by atoms with Gasteiger partial charge >= 0.3 is 0 Å². The number of amides is 1. The van der Waals surface area contributed by atoms with Crippen molar-refractivity contribution >= 4 is 29.1 Å². The third-order valence-corrected chi connectivity index (χ3v) is 8.25. The number of carbonyl (C=O) groups is 1. The van der Waals surface area contributed by atoms with E-state index in [0.29, 0.717) is 46.4 Å². The van der Waals surface area contributed by atoms with Crippen LogP contribution in [0.25, 0.3) is 11.1 Å². The first-order valence-corrected chi connectivity index (χ1v) is 13.8. The number of rotatable bonds is 5. The number of halogens is 2. The Morgan fingerprint density at radius 1 is 0.974 bits per heavy atom. The van der Waals surface area contributed by atoms with Crippen LogP contribution in [-0.2, 0) is 23.2 Å². The van der Waals surface area contributed by atoms with Gasteiger partial charge in [-0.15, -0.1) is 0 Å². The summed E-state index contributed by atoms with van der Waals surface area (Å²) in [6, 6.07) is 22.4. The van der Waals surface area contributed by atoms with Crippen LogP contribution in [0.2, 0.25) is 10.0 Å². The van der Waals surface area contributed by atoms with Crippen LogP contribution in [0.3, 0.4) is 0 Å². The number of hydrogen-bond donors (Lipinski definition) is 2. The van der Waals surface area contributed by atoms with E-state index in [2.05, 4.69) is 4.98 Å². The first kappa shape index (κ1) is 25.8. The summed E-state index contributed by atoms with van der Waals surface area (Å²) in [6.45, 7) is 0.528. The highest BCUT2D eigenvalue weighted by molar-refractivity contribution is 6.31. The van der Waals surface area contributed by atoms with E-state index in [1.165, 1.54) is 0 Å². The SMILES string of the molecule is O=C([C@H](O)c1cccc(-c2cccc(Cl)c2)c1)N1CCCc2nc(C3(c4cccc(Cl)c4)CC3)[nH]c(=O)c2C1. The monoisotopic (exact) mass is 559 g/mol. The minimum Gasteiger partial charge on any atom is -0.378 e. The maximum atomic E-state index is 13.4. The number of hydrogen-bond acceptors (Lipinski definition) is 4. The zero-order valence-electron chi connectivity index (χ0n) is 21.2. The van der Waals surface area contributed by atoms with Crippen molar-refractivity contribution in [2.45, 2.75) is 43.7 Å². The lowest BCUT2D eigenvalue weighted by Crippen LogP contribution is -2.36. The molecule has 6 nitrogen and oxygen atoms in total. The van der Waals surface area contributed by atoms with Crippen molar-refractivity contribution in [3.8, 4) is 11.1 Å². The molecule has 0 bridgehead atoms. The summed E-state index contributed by atoms with van der Waals surface area (Å²) < 4.78 is 0. The Balaban J connectivity index is 1.25. The molecule has 1 atom stereocenters. The van der Waals surface area contributed by atoms with Gasteiger partial charge in [-0.1, -0.05) is 65.7 Å². The second kappa shape index (κ2) is 10.3. The van der Waals surface area contributed by atoms with Crippen molar-refractivity contribution in [3.05, 3.63) is 121 Å². The normalized spacial score (nSPS) is 16.7. The molecule has 39 heavy (non-hydrogen) atoms. The molecule has 8 heteroatoms. The molecule has 1 aliphatic carbocycles. The molecule has 2 heterocycles. The van der Waals surface area contributed by atoms with Crippen molar-refractivity contribution in [3.63, 3.8) is 0 Å². The average molecular weight is 560 g/mol. The Morgan fingerprint density at radius 3 is 2.38 bits per heavy atom. The van der Waals surface area contributed by atoms with Crippen LogP contribution in [0.4, 0.5) is 0 Å². The molecule has 0 saturated heterocycles. The van der Waals surface area contributed by atoms with Crippen molar-refractivity contribution in [2.24, 2.45) is 0 Å². The molecule has 0 spiro atoms. The molecule has 4 aromatic rings. The Bertz CT molecular complexity index is 1630. The van der Waals surface area contributed by atoms with Gasteiger partial charge in [0.15, 0.2) is 6.10 Å². The van der Waals surface area contributed by atoms with Gasteiger partial charge in [0.2, 0.25) is 0 Å². The van der Waals surface area contributed by atoms with E-state index in [-0.39, 0.29) is 17.5 Å². The summed E-state index contributed by atoms with van der Waals surface area (Å²) in [4.78, 5) is 36.2. The van der Waals surface area contributed by atoms with Crippen LogP contribution in [-0.4, -0.2) is 32.4 Å². The maximum absolute atomic E-state index is 13.4. The number of carbonyl (C=O) groups excluding carboxylic acids is 1. The van der Waals surface area contributed by atoms with Crippen molar-refractivity contribution in [1.29, 1.82) is 0 Å². The summed E-state index contributed by atoms with van der Waals surface area (Å²) in [6.07, 6.45) is 1.66. The standard InChI is InChI=1S/C31H27Cl2N3O3/c32-23-9-2-6-20(16-23)19-5-1-7-21(15-19)27(37)29(39)36-14-4-11-26-25(18-36)28(38)35-30(34-26)31(12-13-31)22-8-3-10-24(33)17-22/h1-3,5-10,15-17,27,37H,4,11-14,18H2,(H,34,35,38)/t27-/m1/s1. The van der Waals surface area contributed by atoms with E-state index in [9.17, 15) is 14.7 Å². The van der Waals surface area contributed by atoms with E-state index >= 15 is 0 Å². The number of aromatic nitrogens is 2. The summed E-state index contributed by atoms with van der Waals surface area (Å²) in [5.41, 5.74) is 3.91. The molecule has 1 fully saturated rings. The van der Waals surface area contributed by atoms with Crippen LogP contribution < -0.4 is 5.56 Å². The average Bonchev–Trinajstić information content (AvgIpc) is 3.77. The first-order chi connectivity index (χ1) is 18.8. The van der Waals surface area contributed by atoms with Crippen molar-refractivity contribution in [1.82, 2.24) is 14.9 Å². The van der Waals surface area contributed by atoms with Gasteiger partial charge in [-0.05, 0) is 78.3 Å². The minimum absolute atomic E-state index is 0.103. The first-order valence-electron chi connectivity index (χ1n) is 13.1. The van der Waals surface area contributed by atoms with Crippen molar-refractivity contribution < 1.29 is 9.90 Å². The molecule has 1 aromatic heterocycles. The largest absolute Gasteiger partial charge is 0.378 e.